The highest BCUT2D eigenvalue weighted by Crippen LogP contribution is 2.31. The van der Waals surface area contributed by atoms with Crippen LogP contribution in [-0.2, 0) is 6.42 Å². The van der Waals surface area contributed by atoms with Crippen LogP contribution in [0.4, 0.5) is 5.69 Å². The lowest BCUT2D eigenvalue weighted by Crippen LogP contribution is -2.25. The summed E-state index contributed by atoms with van der Waals surface area (Å²) in [7, 11) is 2.22. The van der Waals surface area contributed by atoms with Crippen LogP contribution in [0.25, 0.3) is 0 Å². The van der Waals surface area contributed by atoms with Crippen molar-refractivity contribution in [2.24, 2.45) is 0 Å². The zero-order chi connectivity index (χ0) is 8.55. The van der Waals surface area contributed by atoms with E-state index in [9.17, 15) is 0 Å². The van der Waals surface area contributed by atoms with Gasteiger partial charge in [-0.2, -0.15) is 0 Å². The molecule has 0 amide bonds. The van der Waals surface area contributed by atoms with Crippen molar-refractivity contribution in [3.63, 3.8) is 0 Å². The number of halogens is 1. The van der Waals surface area contributed by atoms with E-state index in [1.807, 2.05) is 0 Å². The quantitative estimate of drug-likeness (QED) is 0.662. The van der Waals surface area contributed by atoms with Crippen molar-refractivity contribution >= 4 is 29.5 Å². The fraction of sp³-hybridized carbons (Fsp3) is 0.333. The SMILES string of the molecule is BC1CCc2cccc(Br)c2N1. The molecule has 62 valence electrons. The molecule has 1 aromatic carbocycles. The van der Waals surface area contributed by atoms with E-state index in [0.717, 1.165) is 0 Å². The Morgan fingerprint density at radius 2 is 2.33 bits per heavy atom. The van der Waals surface area contributed by atoms with Crippen molar-refractivity contribution in [3.05, 3.63) is 28.2 Å². The molecule has 1 aliphatic heterocycles. The Kier molecular flexibility index (Phi) is 2.13. The summed E-state index contributed by atoms with van der Waals surface area (Å²) in [5, 5.41) is 3.48. The Bertz CT molecular complexity index is 301. The molecule has 1 N–H and O–H groups in total. The van der Waals surface area contributed by atoms with Crippen molar-refractivity contribution in [2.45, 2.75) is 18.8 Å². The van der Waals surface area contributed by atoms with E-state index >= 15 is 0 Å². The maximum atomic E-state index is 3.55. The van der Waals surface area contributed by atoms with E-state index in [0.29, 0.717) is 5.94 Å². The first-order valence-electron chi connectivity index (χ1n) is 4.31. The number of para-hydroxylation sites is 1. The molecule has 0 bridgehead atoms. The number of hydrogen-bond acceptors (Lipinski definition) is 1. The monoisotopic (exact) mass is 223 g/mol. The summed E-state index contributed by atoms with van der Waals surface area (Å²) in [5.41, 5.74) is 2.72. The van der Waals surface area contributed by atoms with Crippen molar-refractivity contribution in [3.8, 4) is 0 Å². The zero-order valence-corrected chi connectivity index (χ0v) is 8.69. The van der Waals surface area contributed by atoms with E-state index in [2.05, 4.69) is 47.3 Å². The first kappa shape index (κ1) is 8.18. The summed E-state index contributed by atoms with van der Waals surface area (Å²) >= 11 is 3.55. The van der Waals surface area contributed by atoms with Crippen LogP contribution in [0, 0.1) is 0 Å². The van der Waals surface area contributed by atoms with E-state index in [1.165, 1.54) is 28.6 Å². The van der Waals surface area contributed by atoms with Gasteiger partial charge in [0.05, 0.1) is 5.69 Å². The smallest absolute Gasteiger partial charge is 0.130 e. The summed E-state index contributed by atoms with van der Waals surface area (Å²) in [6, 6.07) is 6.38. The van der Waals surface area contributed by atoms with Crippen LogP contribution < -0.4 is 5.32 Å². The first-order chi connectivity index (χ1) is 5.77. The molecule has 3 heteroatoms. The molecular formula is C9H11BBrN. The Morgan fingerprint density at radius 1 is 1.50 bits per heavy atom. The topological polar surface area (TPSA) is 12.0 Å². The van der Waals surface area contributed by atoms with Crippen molar-refractivity contribution in [1.82, 2.24) is 0 Å². The molecule has 1 unspecified atom stereocenters. The van der Waals surface area contributed by atoms with Gasteiger partial charge in [0.1, 0.15) is 7.85 Å². The van der Waals surface area contributed by atoms with Gasteiger partial charge >= 0.3 is 0 Å². The Balaban J connectivity index is 2.43. The molecule has 0 saturated carbocycles. The van der Waals surface area contributed by atoms with Crippen LogP contribution in [-0.4, -0.2) is 13.8 Å². The molecular weight excluding hydrogens is 213 g/mol. The fourth-order valence-corrected chi connectivity index (χ4v) is 2.15. The molecule has 0 radical (unpaired) electrons. The van der Waals surface area contributed by atoms with Crippen LogP contribution in [0.3, 0.4) is 0 Å². The molecule has 1 heterocycles. The number of hydrogen-bond donors (Lipinski definition) is 1. The third kappa shape index (κ3) is 1.38. The number of rotatable bonds is 0. The largest absolute Gasteiger partial charge is 0.389 e. The van der Waals surface area contributed by atoms with E-state index in [-0.39, 0.29) is 0 Å². The molecule has 0 aromatic heterocycles. The standard InChI is InChI=1S/C9H11BBrN/c10-8-5-4-6-2-1-3-7(11)9(6)12-8/h1-3,8,12H,4-5,10H2. The minimum Gasteiger partial charge on any atom is -0.389 e. The van der Waals surface area contributed by atoms with Gasteiger partial charge in [0.15, 0.2) is 0 Å². The van der Waals surface area contributed by atoms with E-state index < -0.39 is 0 Å². The Hall–Kier alpha value is -0.435. The van der Waals surface area contributed by atoms with Gasteiger partial charge in [-0.15, -0.1) is 0 Å². The van der Waals surface area contributed by atoms with Crippen molar-refractivity contribution < 1.29 is 0 Å². The second-order valence-electron chi connectivity index (χ2n) is 3.36. The second kappa shape index (κ2) is 3.13. The third-order valence-corrected chi connectivity index (χ3v) is 3.00. The number of anilines is 1. The average Bonchev–Trinajstić information content (AvgIpc) is 2.07. The highest BCUT2D eigenvalue weighted by molar-refractivity contribution is 9.10. The first-order valence-corrected chi connectivity index (χ1v) is 5.10. The maximum Gasteiger partial charge on any atom is 0.130 e. The molecule has 1 atom stereocenters. The molecule has 1 aromatic rings. The summed E-state index contributed by atoms with van der Waals surface area (Å²) in [6.45, 7) is 0. The Morgan fingerprint density at radius 3 is 3.17 bits per heavy atom. The van der Waals surface area contributed by atoms with E-state index in [1.54, 1.807) is 0 Å². The van der Waals surface area contributed by atoms with Gasteiger partial charge in [0.2, 0.25) is 0 Å². The van der Waals surface area contributed by atoms with Gasteiger partial charge in [-0.3, -0.25) is 0 Å². The lowest BCUT2D eigenvalue weighted by Gasteiger charge is -2.25. The molecule has 0 spiro atoms. The van der Waals surface area contributed by atoms with Gasteiger partial charge < -0.3 is 5.32 Å². The fourth-order valence-electron chi connectivity index (χ4n) is 1.63. The minimum atomic E-state index is 0.608. The highest BCUT2D eigenvalue weighted by Gasteiger charge is 2.15. The van der Waals surface area contributed by atoms with Gasteiger partial charge in [-0.25, -0.2) is 0 Å². The Labute approximate surface area is 82.1 Å². The van der Waals surface area contributed by atoms with Crippen LogP contribution in [0.15, 0.2) is 22.7 Å². The van der Waals surface area contributed by atoms with Gasteiger partial charge in [-0.05, 0) is 46.3 Å². The number of aryl methyl sites for hydroxylation is 1. The molecule has 1 nitrogen and oxygen atoms in total. The summed E-state index contributed by atoms with van der Waals surface area (Å²) in [5.74, 6) is 0.608. The molecule has 0 aliphatic carbocycles. The lowest BCUT2D eigenvalue weighted by molar-refractivity contribution is 0.779. The predicted octanol–water partition coefficient (Wildman–Crippen LogP) is 1.77. The summed E-state index contributed by atoms with van der Waals surface area (Å²) in [4.78, 5) is 0. The highest BCUT2D eigenvalue weighted by atomic mass is 79.9. The lowest BCUT2D eigenvalue weighted by atomic mass is 9.86. The molecule has 0 saturated heterocycles. The van der Waals surface area contributed by atoms with E-state index in [4.69, 9.17) is 0 Å². The number of fused-ring (bicyclic) bond motifs is 1. The normalized spacial score (nSPS) is 21.2. The summed E-state index contributed by atoms with van der Waals surface area (Å²) in [6.07, 6.45) is 2.44. The maximum absolute atomic E-state index is 3.55. The minimum absolute atomic E-state index is 0.608. The van der Waals surface area contributed by atoms with Gasteiger partial charge in [-0.1, -0.05) is 12.1 Å². The zero-order valence-electron chi connectivity index (χ0n) is 7.10. The number of nitrogens with one attached hydrogen (secondary N) is 1. The molecule has 12 heavy (non-hydrogen) atoms. The van der Waals surface area contributed by atoms with Crippen LogP contribution in [0.1, 0.15) is 12.0 Å². The van der Waals surface area contributed by atoms with Gasteiger partial charge in [0, 0.05) is 4.47 Å². The second-order valence-corrected chi connectivity index (χ2v) is 4.21. The van der Waals surface area contributed by atoms with Crippen molar-refractivity contribution in [1.29, 1.82) is 0 Å². The average molecular weight is 224 g/mol. The van der Waals surface area contributed by atoms with Crippen LogP contribution in [0.5, 0.6) is 0 Å². The molecule has 0 fully saturated rings. The van der Waals surface area contributed by atoms with Crippen LogP contribution in [0.2, 0.25) is 0 Å². The predicted molar refractivity (Wildman–Crippen MR) is 58.4 cm³/mol. The molecule has 1 aliphatic rings. The van der Waals surface area contributed by atoms with Gasteiger partial charge in [0.25, 0.3) is 0 Å². The number of benzene rings is 1. The molecule has 2 rings (SSSR count). The third-order valence-electron chi connectivity index (χ3n) is 2.34. The van der Waals surface area contributed by atoms with Crippen LogP contribution >= 0.6 is 15.9 Å². The van der Waals surface area contributed by atoms with Crippen molar-refractivity contribution in [2.75, 3.05) is 5.32 Å². The summed E-state index contributed by atoms with van der Waals surface area (Å²) < 4.78 is 1.19.